The van der Waals surface area contributed by atoms with Crippen LogP contribution in [0.3, 0.4) is 0 Å². The minimum absolute atomic E-state index is 0.164. The number of hydrogen-bond donors (Lipinski definition) is 2. The predicted molar refractivity (Wildman–Crippen MR) is 176 cm³/mol. The number of aromatic nitrogens is 4. The lowest BCUT2D eigenvalue weighted by molar-refractivity contribution is -0.139. The number of Topliss-reactive ketones (excluding diaryl/α,β-unsaturated/α-hetero) is 1. The van der Waals surface area contributed by atoms with Crippen molar-refractivity contribution in [2.45, 2.75) is 110 Å². The molecule has 2 N–H and O–H groups in total. The summed E-state index contributed by atoms with van der Waals surface area (Å²) in [6.45, 7) is 8.35. The van der Waals surface area contributed by atoms with Crippen molar-refractivity contribution < 1.29 is 23.6 Å². The topological polar surface area (TPSA) is 139 Å². The van der Waals surface area contributed by atoms with Gasteiger partial charge in [-0.25, -0.2) is 14.4 Å². The standard InChI is InChI=1S/C35H46FN7O4/c1-21(2)12-22(3)40-34(47)29-15-35(36)19-39-30(45)11-9-7-6-8-10-25-13-26(27-16-37-24(5)38-17-27)14-28-32(23(4)44)41-43(33(25)28)18-31(46)42(29)20-35/h13-14,16-17,21-22,29H,6-12,15,18-20H2,1-5H3,(H,39,45)(H,40,47)/t22-,29+,35+/m1/s1. The molecule has 4 heterocycles. The second-order valence-corrected chi connectivity index (χ2v) is 13.7. The molecule has 0 spiro atoms. The molecule has 1 fully saturated rings. The first-order chi connectivity index (χ1) is 22.3. The van der Waals surface area contributed by atoms with Crippen molar-refractivity contribution in [3.8, 4) is 11.1 Å². The molecule has 0 aliphatic carbocycles. The highest BCUT2D eigenvalue weighted by Crippen LogP contribution is 2.34. The normalized spacial score (nSPS) is 21.9. The Morgan fingerprint density at radius 2 is 1.77 bits per heavy atom. The first kappa shape index (κ1) is 34.1. The van der Waals surface area contributed by atoms with E-state index in [0.717, 1.165) is 42.4 Å². The van der Waals surface area contributed by atoms with Gasteiger partial charge in [-0.3, -0.25) is 23.9 Å². The summed E-state index contributed by atoms with van der Waals surface area (Å²) in [5, 5.41) is 10.9. The van der Waals surface area contributed by atoms with Crippen LogP contribution in [0.5, 0.6) is 0 Å². The summed E-state index contributed by atoms with van der Waals surface area (Å²) in [7, 11) is 0. The van der Waals surface area contributed by atoms with Crippen molar-refractivity contribution in [3.05, 3.63) is 41.6 Å². The average Bonchev–Trinajstić information content (AvgIpc) is 3.56. The maximum absolute atomic E-state index is 16.4. The van der Waals surface area contributed by atoms with Crippen molar-refractivity contribution in [1.29, 1.82) is 0 Å². The lowest BCUT2D eigenvalue weighted by atomic mass is 9.96. The molecular weight excluding hydrogens is 601 g/mol. The minimum atomic E-state index is -1.98. The molecule has 0 unspecified atom stereocenters. The molecule has 47 heavy (non-hydrogen) atoms. The van der Waals surface area contributed by atoms with E-state index in [-0.39, 0.29) is 55.9 Å². The molecule has 5 rings (SSSR count). The Kier molecular flexibility index (Phi) is 10.4. The molecular formula is C35H46FN7O4. The fraction of sp³-hybridized carbons (Fsp3) is 0.571. The molecule has 12 heteroatoms. The van der Waals surface area contributed by atoms with Gasteiger partial charge in [0.15, 0.2) is 5.78 Å². The molecule has 252 valence electrons. The van der Waals surface area contributed by atoms with E-state index in [1.807, 2.05) is 26.0 Å². The van der Waals surface area contributed by atoms with Gasteiger partial charge in [0.05, 0.1) is 18.6 Å². The number of rotatable bonds is 6. The SMILES string of the molecule is CC(=O)c1nn2c3c(cc(-c4cnc(C)nc4)cc13)CCCCCCC(=O)NC[C@@]1(F)C[C@@H](C(=O)N[C@H](C)CC(C)C)N(C1)C(=O)C2. The molecule has 2 bridgehead atoms. The zero-order valence-corrected chi connectivity index (χ0v) is 28.1. The number of benzene rings is 1. The largest absolute Gasteiger partial charge is 0.353 e. The molecule has 1 saturated heterocycles. The van der Waals surface area contributed by atoms with Gasteiger partial charge in [0.2, 0.25) is 17.7 Å². The summed E-state index contributed by atoms with van der Waals surface area (Å²) >= 11 is 0. The summed E-state index contributed by atoms with van der Waals surface area (Å²) in [5.41, 5.74) is 1.45. The fourth-order valence-electron chi connectivity index (χ4n) is 6.86. The molecule has 2 aliphatic heterocycles. The number of aryl methyl sites for hydroxylation is 2. The van der Waals surface area contributed by atoms with E-state index in [0.29, 0.717) is 35.5 Å². The number of alkyl halides is 1. The smallest absolute Gasteiger partial charge is 0.245 e. The molecule has 3 aromatic rings. The highest BCUT2D eigenvalue weighted by Gasteiger charge is 2.49. The maximum Gasteiger partial charge on any atom is 0.245 e. The van der Waals surface area contributed by atoms with Crippen LogP contribution in [0.1, 0.15) is 94.5 Å². The number of hydrogen-bond acceptors (Lipinski definition) is 7. The molecule has 3 amide bonds. The van der Waals surface area contributed by atoms with Crippen LogP contribution in [0.4, 0.5) is 4.39 Å². The van der Waals surface area contributed by atoms with Crippen LogP contribution in [-0.4, -0.2) is 79.0 Å². The third-order valence-electron chi connectivity index (χ3n) is 9.08. The van der Waals surface area contributed by atoms with Crippen molar-refractivity contribution in [1.82, 2.24) is 35.3 Å². The summed E-state index contributed by atoms with van der Waals surface area (Å²) in [6.07, 6.45) is 8.08. The number of fused-ring (bicyclic) bond motifs is 2. The van der Waals surface area contributed by atoms with Gasteiger partial charge in [0.25, 0.3) is 0 Å². The molecule has 0 saturated carbocycles. The zero-order valence-electron chi connectivity index (χ0n) is 28.1. The average molecular weight is 648 g/mol. The summed E-state index contributed by atoms with van der Waals surface area (Å²) in [6, 6.07) is 2.69. The fourth-order valence-corrected chi connectivity index (χ4v) is 6.86. The second-order valence-electron chi connectivity index (χ2n) is 13.7. The molecule has 3 atom stereocenters. The Hall–Kier alpha value is -4.22. The molecule has 0 radical (unpaired) electrons. The van der Waals surface area contributed by atoms with E-state index in [1.165, 1.54) is 16.5 Å². The van der Waals surface area contributed by atoms with Crippen LogP contribution < -0.4 is 10.6 Å². The lowest BCUT2D eigenvalue weighted by Gasteiger charge is -2.26. The number of ketones is 1. The van der Waals surface area contributed by atoms with Gasteiger partial charge in [-0.05, 0) is 68.7 Å². The summed E-state index contributed by atoms with van der Waals surface area (Å²) < 4.78 is 17.9. The molecule has 2 aliphatic rings. The van der Waals surface area contributed by atoms with Crippen molar-refractivity contribution in [3.63, 3.8) is 0 Å². The van der Waals surface area contributed by atoms with E-state index in [9.17, 15) is 19.2 Å². The summed E-state index contributed by atoms with van der Waals surface area (Å²) in [5.74, 6) is -0.419. The van der Waals surface area contributed by atoms with E-state index < -0.39 is 23.5 Å². The van der Waals surface area contributed by atoms with Crippen LogP contribution in [0.15, 0.2) is 24.5 Å². The second kappa shape index (κ2) is 14.3. The van der Waals surface area contributed by atoms with Crippen LogP contribution >= 0.6 is 0 Å². The van der Waals surface area contributed by atoms with Crippen LogP contribution in [-0.2, 0) is 27.3 Å². The Morgan fingerprint density at radius 1 is 1.06 bits per heavy atom. The van der Waals surface area contributed by atoms with Gasteiger partial charge in [-0.15, -0.1) is 0 Å². The third kappa shape index (κ3) is 8.02. The van der Waals surface area contributed by atoms with Gasteiger partial charge in [-0.2, -0.15) is 5.10 Å². The van der Waals surface area contributed by atoms with Gasteiger partial charge < -0.3 is 15.5 Å². The Balaban J connectivity index is 1.56. The van der Waals surface area contributed by atoms with Crippen LogP contribution in [0.2, 0.25) is 0 Å². The number of nitrogens with zero attached hydrogens (tertiary/aromatic N) is 5. The first-order valence-corrected chi connectivity index (χ1v) is 16.7. The highest BCUT2D eigenvalue weighted by molar-refractivity contribution is 6.07. The van der Waals surface area contributed by atoms with Crippen LogP contribution in [0.25, 0.3) is 22.0 Å². The first-order valence-electron chi connectivity index (χ1n) is 16.7. The van der Waals surface area contributed by atoms with Gasteiger partial charge in [0.1, 0.15) is 29.8 Å². The van der Waals surface area contributed by atoms with E-state index in [2.05, 4.69) is 39.5 Å². The maximum atomic E-state index is 16.4. The number of amides is 3. The van der Waals surface area contributed by atoms with E-state index in [4.69, 9.17) is 0 Å². The van der Waals surface area contributed by atoms with Crippen molar-refractivity contribution in [2.75, 3.05) is 13.1 Å². The number of carbonyl (C=O) groups excluding carboxylic acids is 4. The lowest BCUT2D eigenvalue weighted by Crippen LogP contribution is -2.49. The Morgan fingerprint density at radius 3 is 2.45 bits per heavy atom. The number of halogens is 1. The zero-order chi connectivity index (χ0) is 33.9. The van der Waals surface area contributed by atoms with Crippen LogP contribution in [0, 0.1) is 12.8 Å². The predicted octanol–water partition coefficient (Wildman–Crippen LogP) is 4.49. The highest BCUT2D eigenvalue weighted by atomic mass is 19.1. The summed E-state index contributed by atoms with van der Waals surface area (Å²) in [4.78, 5) is 63.1. The minimum Gasteiger partial charge on any atom is -0.353 e. The van der Waals surface area contributed by atoms with Gasteiger partial charge in [-0.1, -0.05) is 26.7 Å². The number of carbonyl (C=O) groups is 4. The van der Waals surface area contributed by atoms with Gasteiger partial charge in [0, 0.05) is 49.2 Å². The third-order valence-corrected chi connectivity index (χ3v) is 9.08. The monoisotopic (exact) mass is 647 g/mol. The van der Waals surface area contributed by atoms with Gasteiger partial charge >= 0.3 is 0 Å². The van der Waals surface area contributed by atoms with E-state index in [1.54, 1.807) is 12.4 Å². The Labute approximate surface area is 275 Å². The van der Waals surface area contributed by atoms with E-state index >= 15 is 4.39 Å². The van der Waals surface area contributed by atoms with Crippen molar-refractivity contribution >= 4 is 34.4 Å². The quantitative estimate of drug-likeness (QED) is 0.376. The number of nitrogens with one attached hydrogen (secondary N) is 2. The molecule has 1 aromatic carbocycles. The Bertz CT molecular complexity index is 1650. The molecule has 11 nitrogen and oxygen atoms in total. The van der Waals surface area contributed by atoms with Crippen molar-refractivity contribution in [2.24, 2.45) is 5.92 Å². The molecule has 2 aromatic heterocycles.